The quantitative estimate of drug-likeness (QED) is 0.241. The monoisotopic (exact) mass is 401 g/mol. The number of esters is 1. The van der Waals surface area contributed by atoms with Gasteiger partial charge >= 0.3 is 23.9 Å². The van der Waals surface area contributed by atoms with Gasteiger partial charge in [-0.15, -0.1) is 0 Å². The second-order valence-electron chi connectivity index (χ2n) is 5.52. The molecule has 0 amide bonds. The Morgan fingerprint density at radius 3 is 1.76 bits per heavy atom. The number of ether oxygens (including phenoxy) is 1. The van der Waals surface area contributed by atoms with Crippen molar-refractivity contribution in [3.05, 3.63) is 0 Å². The third-order valence-electron chi connectivity index (χ3n) is 3.32. The van der Waals surface area contributed by atoms with Crippen molar-refractivity contribution in [2.45, 2.75) is 69.8 Å². The standard InChI is InChI=1S/C13H20F6O5S/c1-2-3-4-5-6-7-8-10(20)24-11(12(14,15)16,13(17,18)19)9-25(21,22)23/h2-9H2,1H3,(H,21,22,23)/p-1. The summed E-state index contributed by atoms with van der Waals surface area (Å²) >= 11 is 0. The zero-order valence-electron chi connectivity index (χ0n) is 13.4. The summed E-state index contributed by atoms with van der Waals surface area (Å²) in [6.45, 7) is 1.94. The Labute approximate surface area is 141 Å². The average Bonchev–Trinajstić information content (AvgIpc) is 2.37. The maximum Gasteiger partial charge on any atom is 0.438 e. The number of hydrogen-bond acceptors (Lipinski definition) is 5. The molecule has 0 unspecified atom stereocenters. The fourth-order valence-electron chi connectivity index (χ4n) is 2.01. The van der Waals surface area contributed by atoms with Crippen LogP contribution in [0.15, 0.2) is 0 Å². The second-order valence-corrected chi connectivity index (χ2v) is 6.92. The van der Waals surface area contributed by atoms with Crippen LogP contribution in [-0.4, -0.2) is 42.6 Å². The van der Waals surface area contributed by atoms with E-state index < -0.39 is 46.2 Å². The summed E-state index contributed by atoms with van der Waals surface area (Å²) in [4.78, 5) is 11.4. The first-order valence-corrected chi connectivity index (χ1v) is 9.03. The highest BCUT2D eigenvalue weighted by Gasteiger charge is 2.75. The third-order valence-corrected chi connectivity index (χ3v) is 4.08. The Balaban J connectivity index is 5.15. The van der Waals surface area contributed by atoms with Gasteiger partial charge in [0.05, 0.1) is 15.9 Å². The molecule has 0 aliphatic carbocycles. The van der Waals surface area contributed by atoms with Crippen LogP contribution in [0.3, 0.4) is 0 Å². The maximum atomic E-state index is 12.9. The van der Waals surface area contributed by atoms with Crippen LogP contribution in [0.25, 0.3) is 0 Å². The molecule has 0 spiro atoms. The van der Waals surface area contributed by atoms with E-state index in [1.165, 1.54) is 0 Å². The number of rotatable bonds is 10. The number of hydrogen-bond donors (Lipinski definition) is 0. The SMILES string of the molecule is CCCCCCCCC(=O)OC(CS(=O)(=O)[O-])(C(F)(F)F)C(F)(F)F. The van der Waals surface area contributed by atoms with Crippen molar-refractivity contribution in [2.24, 2.45) is 0 Å². The third kappa shape index (κ3) is 7.80. The van der Waals surface area contributed by atoms with E-state index in [1.54, 1.807) is 0 Å². The Morgan fingerprint density at radius 2 is 1.36 bits per heavy atom. The van der Waals surface area contributed by atoms with E-state index in [1.807, 2.05) is 6.92 Å². The topological polar surface area (TPSA) is 83.5 Å². The molecule has 0 N–H and O–H groups in total. The van der Waals surface area contributed by atoms with Crippen LogP contribution in [0, 0.1) is 0 Å². The predicted octanol–water partition coefficient (Wildman–Crippen LogP) is 3.69. The van der Waals surface area contributed by atoms with E-state index in [9.17, 15) is 44.1 Å². The average molecular weight is 401 g/mol. The molecule has 150 valence electrons. The number of alkyl halides is 6. The molecule has 0 saturated heterocycles. The van der Waals surface area contributed by atoms with E-state index in [2.05, 4.69) is 4.74 Å². The van der Waals surface area contributed by atoms with Gasteiger partial charge in [-0.2, -0.15) is 26.3 Å². The first-order chi connectivity index (χ1) is 11.2. The van der Waals surface area contributed by atoms with Gasteiger partial charge in [-0.3, -0.25) is 4.79 Å². The zero-order chi connectivity index (χ0) is 19.9. The summed E-state index contributed by atoms with van der Waals surface area (Å²) in [6, 6.07) is 0. The summed E-state index contributed by atoms with van der Waals surface area (Å²) in [5.41, 5.74) is -5.38. The molecule has 12 heteroatoms. The van der Waals surface area contributed by atoms with E-state index in [0.29, 0.717) is 12.8 Å². The lowest BCUT2D eigenvalue weighted by atomic mass is 10.1. The lowest BCUT2D eigenvalue weighted by Crippen LogP contribution is -2.63. The molecule has 0 aliphatic heterocycles. The molecule has 5 nitrogen and oxygen atoms in total. The molecule has 0 fully saturated rings. The van der Waals surface area contributed by atoms with E-state index in [4.69, 9.17) is 0 Å². The van der Waals surface area contributed by atoms with Crippen LogP contribution in [0.4, 0.5) is 26.3 Å². The fraction of sp³-hybridized carbons (Fsp3) is 0.923. The molecular formula is C13H19F6O5S-. The molecule has 0 heterocycles. The van der Waals surface area contributed by atoms with Crippen LogP contribution < -0.4 is 0 Å². The molecular weight excluding hydrogens is 382 g/mol. The van der Waals surface area contributed by atoms with Gasteiger partial charge < -0.3 is 9.29 Å². The van der Waals surface area contributed by atoms with Crippen molar-refractivity contribution in [3.63, 3.8) is 0 Å². The van der Waals surface area contributed by atoms with Crippen LogP contribution in [0.5, 0.6) is 0 Å². The summed E-state index contributed by atoms with van der Waals surface area (Å²) in [5, 5.41) is 0. The Kier molecular flexibility index (Phi) is 8.68. The van der Waals surface area contributed by atoms with E-state index >= 15 is 0 Å². The van der Waals surface area contributed by atoms with Crippen LogP contribution in [0.1, 0.15) is 51.9 Å². The van der Waals surface area contributed by atoms with Crippen LogP contribution in [0.2, 0.25) is 0 Å². The van der Waals surface area contributed by atoms with Gasteiger partial charge in [0.1, 0.15) is 0 Å². The fourth-order valence-corrected chi connectivity index (χ4v) is 2.90. The molecule has 0 bridgehead atoms. The van der Waals surface area contributed by atoms with Gasteiger partial charge in [0.25, 0.3) is 0 Å². The van der Waals surface area contributed by atoms with Crippen molar-refractivity contribution in [2.75, 3.05) is 5.75 Å². The lowest BCUT2D eigenvalue weighted by Gasteiger charge is -2.36. The van der Waals surface area contributed by atoms with Crippen LogP contribution in [-0.2, 0) is 19.6 Å². The highest BCUT2D eigenvalue weighted by atomic mass is 32.2. The molecule has 0 aromatic heterocycles. The molecule has 25 heavy (non-hydrogen) atoms. The maximum absolute atomic E-state index is 12.9. The minimum Gasteiger partial charge on any atom is -0.748 e. The van der Waals surface area contributed by atoms with Crippen molar-refractivity contribution in [1.82, 2.24) is 0 Å². The first kappa shape index (κ1) is 24.0. The van der Waals surface area contributed by atoms with Gasteiger partial charge in [-0.1, -0.05) is 39.0 Å². The van der Waals surface area contributed by atoms with Gasteiger partial charge in [0, 0.05) is 6.42 Å². The Morgan fingerprint density at radius 1 is 0.920 bits per heavy atom. The highest BCUT2D eigenvalue weighted by Crippen LogP contribution is 2.47. The largest absolute Gasteiger partial charge is 0.748 e. The van der Waals surface area contributed by atoms with E-state index in [-0.39, 0.29) is 6.42 Å². The summed E-state index contributed by atoms with van der Waals surface area (Å²) in [6.07, 6.45) is -9.76. The Hall–Kier alpha value is -1.04. The molecule has 0 aromatic carbocycles. The predicted molar refractivity (Wildman–Crippen MR) is 73.5 cm³/mol. The number of halogens is 6. The van der Waals surface area contributed by atoms with E-state index in [0.717, 1.165) is 19.3 Å². The zero-order valence-corrected chi connectivity index (χ0v) is 14.2. The van der Waals surface area contributed by atoms with Gasteiger partial charge in [0.2, 0.25) is 0 Å². The number of carbonyl (C=O) groups is 1. The van der Waals surface area contributed by atoms with Gasteiger partial charge in [-0.25, -0.2) is 8.42 Å². The molecule has 0 aromatic rings. The molecule has 0 atom stereocenters. The molecule has 0 saturated carbocycles. The smallest absolute Gasteiger partial charge is 0.438 e. The molecule has 0 aliphatic rings. The van der Waals surface area contributed by atoms with Crippen LogP contribution >= 0.6 is 0 Å². The number of unbranched alkanes of at least 4 members (excludes halogenated alkanes) is 5. The highest BCUT2D eigenvalue weighted by molar-refractivity contribution is 7.85. The minimum atomic E-state index is -6.32. The normalized spacial score (nSPS) is 13.8. The second kappa shape index (κ2) is 9.06. The molecule has 0 rings (SSSR count). The number of carbonyl (C=O) groups excluding carboxylic acids is 1. The first-order valence-electron chi connectivity index (χ1n) is 7.45. The minimum absolute atomic E-state index is 0.0154. The summed E-state index contributed by atoms with van der Waals surface area (Å²) < 4.78 is 112. The van der Waals surface area contributed by atoms with Gasteiger partial charge in [-0.05, 0) is 6.42 Å². The van der Waals surface area contributed by atoms with Crippen molar-refractivity contribution in [1.29, 1.82) is 0 Å². The Bertz CT molecular complexity index is 512. The van der Waals surface area contributed by atoms with Gasteiger partial charge in [0.15, 0.2) is 0 Å². The van der Waals surface area contributed by atoms with Crippen molar-refractivity contribution < 1.29 is 48.8 Å². The lowest BCUT2D eigenvalue weighted by molar-refractivity contribution is -0.361. The van der Waals surface area contributed by atoms with Crippen molar-refractivity contribution >= 4 is 16.1 Å². The summed E-state index contributed by atoms with van der Waals surface area (Å²) in [5.74, 6) is -4.83. The summed E-state index contributed by atoms with van der Waals surface area (Å²) in [7, 11) is -6.00. The molecule has 0 radical (unpaired) electrons. The van der Waals surface area contributed by atoms with Crippen molar-refractivity contribution in [3.8, 4) is 0 Å².